The van der Waals surface area contributed by atoms with E-state index in [9.17, 15) is 5.11 Å². The molecule has 0 radical (unpaired) electrons. The molecule has 1 fully saturated rings. The number of likely N-dealkylation sites (tertiary alicyclic amines) is 1. The quantitative estimate of drug-likeness (QED) is 0.853. The summed E-state index contributed by atoms with van der Waals surface area (Å²) < 4.78 is 5.12. The Hall–Kier alpha value is -1.73. The summed E-state index contributed by atoms with van der Waals surface area (Å²) in [7, 11) is 0. The molecule has 7 heteroatoms. The summed E-state index contributed by atoms with van der Waals surface area (Å²) in [5.74, 6) is 1.11. The predicted molar refractivity (Wildman–Crippen MR) is 70.8 cm³/mol. The van der Waals surface area contributed by atoms with Crippen molar-refractivity contribution in [3.8, 4) is 0 Å². The van der Waals surface area contributed by atoms with E-state index in [1.165, 1.54) is 0 Å². The highest BCUT2D eigenvalue weighted by Gasteiger charge is 2.35. The Morgan fingerprint density at radius 3 is 3.15 bits per heavy atom. The van der Waals surface area contributed by atoms with Crippen LogP contribution in [0.5, 0.6) is 0 Å². The SMILES string of the molecule is Cc1noc(CC2(O)CCCN(Cc3cnc[nH]3)C2)n1. The molecule has 108 valence electrons. The molecule has 20 heavy (non-hydrogen) atoms. The van der Waals surface area contributed by atoms with Gasteiger partial charge in [0, 0.05) is 25.0 Å². The molecule has 0 amide bonds. The Balaban J connectivity index is 1.64. The lowest BCUT2D eigenvalue weighted by Gasteiger charge is -2.38. The molecule has 0 aliphatic carbocycles. The van der Waals surface area contributed by atoms with Crippen molar-refractivity contribution in [2.45, 2.75) is 38.3 Å². The lowest BCUT2D eigenvalue weighted by Crippen LogP contribution is -2.49. The third-order valence-electron chi connectivity index (χ3n) is 3.63. The highest BCUT2D eigenvalue weighted by atomic mass is 16.5. The third kappa shape index (κ3) is 3.05. The van der Waals surface area contributed by atoms with Crippen molar-refractivity contribution in [1.29, 1.82) is 0 Å². The van der Waals surface area contributed by atoms with E-state index >= 15 is 0 Å². The molecule has 1 unspecified atom stereocenters. The molecule has 2 N–H and O–H groups in total. The molecule has 1 atom stereocenters. The molecule has 3 heterocycles. The van der Waals surface area contributed by atoms with Gasteiger partial charge in [-0.25, -0.2) is 4.98 Å². The van der Waals surface area contributed by atoms with E-state index < -0.39 is 5.60 Å². The third-order valence-corrected chi connectivity index (χ3v) is 3.63. The zero-order valence-electron chi connectivity index (χ0n) is 11.5. The summed E-state index contributed by atoms with van der Waals surface area (Å²) in [6, 6.07) is 0. The first-order valence-corrected chi connectivity index (χ1v) is 6.84. The largest absolute Gasteiger partial charge is 0.388 e. The molecule has 0 spiro atoms. The van der Waals surface area contributed by atoms with Gasteiger partial charge in [0.1, 0.15) is 0 Å². The van der Waals surface area contributed by atoms with Crippen LogP contribution in [0.4, 0.5) is 0 Å². The second-order valence-corrected chi connectivity index (χ2v) is 5.53. The van der Waals surface area contributed by atoms with E-state index in [1.54, 1.807) is 13.3 Å². The molecule has 0 saturated carbocycles. The van der Waals surface area contributed by atoms with Crippen LogP contribution in [-0.2, 0) is 13.0 Å². The van der Waals surface area contributed by atoms with Crippen LogP contribution in [0.15, 0.2) is 17.0 Å². The standard InChI is InChI=1S/C13H19N5O2/c1-10-16-12(20-17-10)5-13(19)3-2-4-18(8-13)7-11-6-14-9-15-11/h6,9,19H,2-5,7-8H2,1H3,(H,14,15). The maximum atomic E-state index is 10.7. The van der Waals surface area contributed by atoms with Crippen molar-refractivity contribution in [1.82, 2.24) is 25.0 Å². The Morgan fingerprint density at radius 2 is 2.45 bits per heavy atom. The van der Waals surface area contributed by atoms with Gasteiger partial charge in [-0.2, -0.15) is 4.98 Å². The summed E-state index contributed by atoms with van der Waals surface area (Å²) in [5, 5.41) is 14.5. The lowest BCUT2D eigenvalue weighted by atomic mass is 9.89. The normalized spacial score (nSPS) is 24.1. The highest BCUT2D eigenvalue weighted by Crippen LogP contribution is 2.25. The van der Waals surface area contributed by atoms with E-state index in [0.29, 0.717) is 24.7 Å². The first-order chi connectivity index (χ1) is 9.63. The van der Waals surface area contributed by atoms with Crippen LogP contribution in [0.1, 0.15) is 30.3 Å². The van der Waals surface area contributed by atoms with Crippen LogP contribution in [0.25, 0.3) is 0 Å². The molecule has 1 aliphatic rings. The number of aromatic nitrogens is 4. The molecule has 2 aromatic rings. The zero-order chi connectivity index (χ0) is 14.0. The number of β-amino-alcohol motifs (C(OH)–C–C–N with tert-alkyl or cyclic N) is 1. The van der Waals surface area contributed by atoms with Crippen molar-refractivity contribution >= 4 is 0 Å². The molecule has 1 aliphatic heterocycles. The Morgan fingerprint density at radius 1 is 1.55 bits per heavy atom. The summed E-state index contributed by atoms with van der Waals surface area (Å²) in [6.07, 6.45) is 5.61. The van der Waals surface area contributed by atoms with Gasteiger partial charge in [0.05, 0.1) is 18.3 Å². The number of H-pyrrole nitrogens is 1. The summed E-state index contributed by atoms with van der Waals surface area (Å²) in [4.78, 5) is 13.5. The predicted octanol–water partition coefficient (Wildman–Crippen LogP) is 0.671. The van der Waals surface area contributed by atoms with Crippen molar-refractivity contribution in [3.63, 3.8) is 0 Å². The van der Waals surface area contributed by atoms with Crippen LogP contribution in [-0.4, -0.2) is 48.8 Å². The molecule has 7 nitrogen and oxygen atoms in total. The van der Waals surface area contributed by atoms with Crippen molar-refractivity contribution in [2.75, 3.05) is 13.1 Å². The van der Waals surface area contributed by atoms with Gasteiger partial charge < -0.3 is 14.6 Å². The van der Waals surface area contributed by atoms with Gasteiger partial charge in [0.15, 0.2) is 5.82 Å². The van der Waals surface area contributed by atoms with Crippen LogP contribution < -0.4 is 0 Å². The highest BCUT2D eigenvalue weighted by molar-refractivity contribution is 4.99. The number of hydrogen-bond acceptors (Lipinski definition) is 6. The second-order valence-electron chi connectivity index (χ2n) is 5.53. The topological polar surface area (TPSA) is 91.1 Å². The van der Waals surface area contributed by atoms with Gasteiger partial charge >= 0.3 is 0 Å². The molecule has 2 aromatic heterocycles. The summed E-state index contributed by atoms with van der Waals surface area (Å²) in [5.41, 5.74) is 0.264. The molecular weight excluding hydrogens is 258 g/mol. The van der Waals surface area contributed by atoms with E-state index in [-0.39, 0.29) is 0 Å². The number of aromatic amines is 1. The maximum absolute atomic E-state index is 10.7. The number of aliphatic hydroxyl groups is 1. The fourth-order valence-corrected chi connectivity index (χ4v) is 2.79. The number of imidazole rings is 1. The van der Waals surface area contributed by atoms with Crippen molar-refractivity contribution in [2.24, 2.45) is 0 Å². The van der Waals surface area contributed by atoms with Gasteiger partial charge in [0.2, 0.25) is 5.89 Å². The number of piperidine rings is 1. The molecule has 1 saturated heterocycles. The average molecular weight is 277 g/mol. The number of nitrogens with zero attached hydrogens (tertiary/aromatic N) is 4. The first-order valence-electron chi connectivity index (χ1n) is 6.84. The first kappa shape index (κ1) is 13.3. The van der Waals surface area contributed by atoms with Gasteiger partial charge in [-0.3, -0.25) is 4.90 Å². The van der Waals surface area contributed by atoms with Crippen molar-refractivity contribution < 1.29 is 9.63 Å². The van der Waals surface area contributed by atoms with E-state index in [4.69, 9.17) is 4.52 Å². The van der Waals surface area contributed by atoms with Crippen molar-refractivity contribution in [3.05, 3.63) is 29.9 Å². The minimum atomic E-state index is -0.794. The lowest BCUT2D eigenvalue weighted by molar-refractivity contribution is -0.0376. The van der Waals surface area contributed by atoms with E-state index in [0.717, 1.165) is 31.6 Å². The van der Waals surface area contributed by atoms with Gasteiger partial charge in [-0.05, 0) is 26.3 Å². The summed E-state index contributed by atoms with van der Waals surface area (Å²) >= 11 is 0. The average Bonchev–Trinajstić information content (AvgIpc) is 3.01. The fourth-order valence-electron chi connectivity index (χ4n) is 2.79. The fraction of sp³-hybridized carbons (Fsp3) is 0.615. The summed E-state index contributed by atoms with van der Waals surface area (Å²) in [6.45, 7) is 4.13. The Kier molecular flexibility index (Phi) is 3.54. The minimum Gasteiger partial charge on any atom is -0.388 e. The van der Waals surface area contributed by atoms with E-state index in [2.05, 4.69) is 25.0 Å². The molecule has 3 rings (SSSR count). The molecular formula is C13H19N5O2. The van der Waals surface area contributed by atoms with Crippen LogP contribution in [0.2, 0.25) is 0 Å². The Labute approximate surface area is 117 Å². The number of aryl methyl sites for hydroxylation is 1. The maximum Gasteiger partial charge on any atom is 0.229 e. The second kappa shape index (κ2) is 5.34. The smallest absolute Gasteiger partial charge is 0.229 e. The molecule has 0 aromatic carbocycles. The number of nitrogens with one attached hydrogen (secondary N) is 1. The zero-order valence-corrected chi connectivity index (χ0v) is 11.5. The Bertz CT molecular complexity index is 553. The number of hydrogen-bond donors (Lipinski definition) is 2. The van der Waals surface area contributed by atoms with Crippen LogP contribution in [0, 0.1) is 6.92 Å². The van der Waals surface area contributed by atoms with Crippen LogP contribution in [0.3, 0.4) is 0 Å². The minimum absolute atomic E-state index is 0.410. The molecule has 0 bridgehead atoms. The monoisotopic (exact) mass is 277 g/mol. The van der Waals surface area contributed by atoms with Gasteiger partial charge in [-0.1, -0.05) is 5.16 Å². The van der Waals surface area contributed by atoms with Crippen LogP contribution >= 0.6 is 0 Å². The number of rotatable bonds is 4. The van der Waals surface area contributed by atoms with E-state index in [1.807, 2.05) is 6.20 Å². The van der Waals surface area contributed by atoms with Gasteiger partial charge in [0.25, 0.3) is 0 Å². The van der Waals surface area contributed by atoms with Gasteiger partial charge in [-0.15, -0.1) is 0 Å².